The van der Waals surface area contributed by atoms with Crippen LogP contribution in [0.3, 0.4) is 0 Å². The summed E-state index contributed by atoms with van der Waals surface area (Å²) < 4.78 is 5.30. The van der Waals surface area contributed by atoms with Gasteiger partial charge in [-0.2, -0.15) is 0 Å². The Balaban J connectivity index is 1.14. The Labute approximate surface area is 296 Å². The van der Waals surface area contributed by atoms with Gasteiger partial charge in [0.25, 0.3) is 11.8 Å². The van der Waals surface area contributed by atoms with Crippen LogP contribution in [0.2, 0.25) is 5.02 Å². The van der Waals surface area contributed by atoms with E-state index in [1.165, 1.54) is 11.8 Å². The molecule has 4 fully saturated rings. The predicted octanol–water partition coefficient (Wildman–Crippen LogP) is 2.87. The van der Waals surface area contributed by atoms with Gasteiger partial charge in [0.15, 0.2) is 0 Å². The molecule has 50 heavy (non-hydrogen) atoms. The number of amides is 5. The van der Waals surface area contributed by atoms with Crippen molar-refractivity contribution in [2.75, 3.05) is 19.7 Å². The summed E-state index contributed by atoms with van der Waals surface area (Å²) in [6.07, 6.45) is 11.4. The number of carbonyl (C=O) groups excluding carboxylic acids is 6. The fraction of sp³-hybridized carbons (Fsp3) is 0.541. The molecule has 7 rings (SSSR count). The lowest BCUT2D eigenvalue weighted by atomic mass is 9.88. The van der Waals surface area contributed by atoms with Gasteiger partial charge in [0.2, 0.25) is 17.7 Å². The first-order chi connectivity index (χ1) is 24.1. The third kappa shape index (κ3) is 5.65. The fourth-order valence-corrected chi connectivity index (χ4v) is 9.19. The second kappa shape index (κ2) is 13.4. The molecule has 12 nitrogen and oxygen atoms in total. The summed E-state index contributed by atoms with van der Waals surface area (Å²) in [4.78, 5) is 93.1. The zero-order chi connectivity index (χ0) is 35.3. The van der Waals surface area contributed by atoms with Gasteiger partial charge in [-0.25, -0.2) is 9.79 Å². The van der Waals surface area contributed by atoms with Crippen molar-refractivity contribution in [2.45, 2.75) is 101 Å². The summed E-state index contributed by atoms with van der Waals surface area (Å²) in [7, 11) is 0. The van der Waals surface area contributed by atoms with E-state index in [4.69, 9.17) is 16.3 Å². The van der Waals surface area contributed by atoms with Crippen LogP contribution in [0.25, 0.3) is 0 Å². The molecule has 0 radical (unpaired) electrons. The molecule has 13 heteroatoms. The van der Waals surface area contributed by atoms with E-state index in [1.807, 2.05) is 18.2 Å². The van der Waals surface area contributed by atoms with Gasteiger partial charge in [-0.05, 0) is 63.5 Å². The van der Waals surface area contributed by atoms with Crippen LogP contribution < -0.4 is 0 Å². The number of likely N-dealkylation sites (tertiary alicyclic amines) is 2. The molecule has 0 bridgehead atoms. The van der Waals surface area contributed by atoms with Crippen molar-refractivity contribution in [3.63, 3.8) is 0 Å². The smallest absolute Gasteiger partial charge is 0.328 e. The Kier molecular flexibility index (Phi) is 9.17. The summed E-state index contributed by atoms with van der Waals surface area (Å²) >= 11 is 6.40. The normalized spacial score (nSPS) is 31.6. The van der Waals surface area contributed by atoms with Gasteiger partial charge in [-0.3, -0.25) is 24.0 Å². The first-order valence-electron chi connectivity index (χ1n) is 17.7. The maximum Gasteiger partial charge on any atom is 0.328 e. The number of aliphatic imine (C=N–C) groups is 1. The van der Waals surface area contributed by atoms with Crippen LogP contribution in [0.15, 0.2) is 53.6 Å². The molecule has 0 aromatic heterocycles. The van der Waals surface area contributed by atoms with Crippen molar-refractivity contribution in [3.8, 4) is 0 Å². The SMILES string of the molecule is CCOC(=O)[C@@H]1CC[C@@H]2C=C[C@H]3CCN(C(=O)[C@@H]4CC[C@H]5C=C[C@]6(CCCN6C(=O)/C(Cc6ccccc6Cl)=N\C(C)=O)C(=O)N54)[C@@H]3C(=O)N21. The van der Waals surface area contributed by atoms with E-state index in [0.717, 1.165) is 0 Å². The van der Waals surface area contributed by atoms with Gasteiger partial charge in [0.1, 0.15) is 29.4 Å². The van der Waals surface area contributed by atoms with Crippen LogP contribution in [0, 0.1) is 5.92 Å². The minimum Gasteiger partial charge on any atom is -0.464 e. The number of carbonyl (C=O) groups is 6. The van der Waals surface area contributed by atoms with Crippen LogP contribution in [-0.4, -0.2) is 116 Å². The van der Waals surface area contributed by atoms with E-state index in [0.29, 0.717) is 62.1 Å². The predicted molar refractivity (Wildman–Crippen MR) is 183 cm³/mol. The number of halogens is 1. The van der Waals surface area contributed by atoms with Crippen LogP contribution in [-0.2, 0) is 39.9 Å². The molecular formula is C37H42ClN5O7. The van der Waals surface area contributed by atoms with Crippen molar-refractivity contribution in [3.05, 3.63) is 59.2 Å². The lowest BCUT2D eigenvalue weighted by Gasteiger charge is -2.44. The van der Waals surface area contributed by atoms with Gasteiger partial charge < -0.3 is 24.3 Å². The van der Waals surface area contributed by atoms with Crippen LogP contribution in [0.5, 0.6) is 0 Å². The topological polar surface area (TPSA) is 137 Å². The Morgan fingerprint density at radius 2 is 1.68 bits per heavy atom. The molecule has 264 valence electrons. The van der Waals surface area contributed by atoms with Gasteiger partial charge in [0.05, 0.1) is 18.7 Å². The monoisotopic (exact) mass is 703 g/mol. The molecule has 0 saturated carbocycles. The minimum atomic E-state index is -1.33. The first-order valence-corrected chi connectivity index (χ1v) is 18.1. The Bertz CT molecular complexity index is 1720. The fourth-order valence-electron chi connectivity index (χ4n) is 8.99. The molecule has 4 saturated heterocycles. The van der Waals surface area contributed by atoms with Gasteiger partial charge in [-0.15, -0.1) is 0 Å². The number of esters is 1. The summed E-state index contributed by atoms with van der Waals surface area (Å²) in [5.41, 5.74) is -0.709. The third-order valence-corrected chi connectivity index (χ3v) is 11.6. The molecule has 6 aliphatic heterocycles. The number of hydrogen-bond acceptors (Lipinski definition) is 7. The van der Waals surface area contributed by atoms with Crippen LogP contribution >= 0.6 is 11.6 Å². The molecule has 6 heterocycles. The van der Waals surface area contributed by atoms with E-state index < -0.39 is 41.4 Å². The lowest BCUT2D eigenvalue weighted by molar-refractivity contribution is -0.158. The molecule has 0 unspecified atom stereocenters. The van der Waals surface area contributed by atoms with Gasteiger partial charge in [-0.1, -0.05) is 54.1 Å². The second-order valence-electron chi connectivity index (χ2n) is 14.0. The van der Waals surface area contributed by atoms with E-state index >= 15 is 0 Å². The highest BCUT2D eigenvalue weighted by atomic mass is 35.5. The zero-order valence-electron chi connectivity index (χ0n) is 28.3. The summed E-state index contributed by atoms with van der Waals surface area (Å²) in [6, 6.07) is 4.18. The van der Waals surface area contributed by atoms with Gasteiger partial charge >= 0.3 is 5.97 Å². The standard InChI is InChI=1S/C37H42ClN5O7/c1-3-50-35(48)30-14-12-25-10-9-23-16-20-40(31(23)34(47)42(25)30)33(46)29-13-11-26-15-18-37(36(49)43(26)29)17-6-19-41(37)32(45)28(39-22(2)44)21-24-7-4-5-8-27(24)38/h4-5,7-10,15,18,23,25-26,29-31H,3,6,11-14,16-17,19-21H2,1-2H3/b39-28-/t23-,25-,26-,29-,30-,31-,37+/m0/s1. The number of nitrogens with zero attached hydrogens (tertiary/aromatic N) is 5. The summed E-state index contributed by atoms with van der Waals surface area (Å²) in [5, 5.41) is 0.436. The molecule has 1 spiro atoms. The van der Waals surface area contributed by atoms with E-state index in [9.17, 15) is 28.8 Å². The molecule has 0 N–H and O–H groups in total. The lowest BCUT2D eigenvalue weighted by Crippen LogP contribution is -2.64. The third-order valence-electron chi connectivity index (χ3n) is 11.2. The van der Waals surface area contributed by atoms with Crippen molar-refractivity contribution >= 4 is 52.8 Å². The summed E-state index contributed by atoms with van der Waals surface area (Å²) in [6.45, 7) is 3.86. The molecule has 1 aromatic rings. The number of rotatable bonds is 6. The average Bonchev–Trinajstić information content (AvgIpc) is 3.89. The van der Waals surface area contributed by atoms with Gasteiger partial charge in [0, 0.05) is 37.4 Å². The van der Waals surface area contributed by atoms with E-state index in [2.05, 4.69) is 4.99 Å². The Morgan fingerprint density at radius 1 is 0.940 bits per heavy atom. The molecular weight excluding hydrogens is 662 g/mol. The highest BCUT2D eigenvalue weighted by Gasteiger charge is 2.58. The number of benzene rings is 1. The zero-order valence-corrected chi connectivity index (χ0v) is 29.1. The molecule has 1 aromatic carbocycles. The van der Waals surface area contributed by atoms with Crippen molar-refractivity contribution in [1.29, 1.82) is 0 Å². The minimum absolute atomic E-state index is 0.00590. The number of ether oxygens (including phenoxy) is 1. The first kappa shape index (κ1) is 34.1. The number of fused-ring (bicyclic) bond motifs is 3. The van der Waals surface area contributed by atoms with Crippen molar-refractivity contribution in [1.82, 2.24) is 19.6 Å². The molecule has 7 atom stereocenters. The van der Waals surface area contributed by atoms with E-state index in [-0.39, 0.29) is 61.0 Å². The van der Waals surface area contributed by atoms with Crippen molar-refractivity contribution in [2.24, 2.45) is 10.9 Å². The molecule has 5 amide bonds. The maximum absolute atomic E-state index is 14.7. The number of hydrogen-bond donors (Lipinski definition) is 0. The van der Waals surface area contributed by atoms with E-state index in [1.54, 1.807) is 52.0 Å². The Morgan fingerprint density at radius 3 is 2.42 bits per heavy atom. The van der Waals surface area contributed by atoms with Crippen molar-refractivity contribution < 1.29 is 33.5 Å². The average molecular weight is 704 g/mol. The van der Waals surface area contributed by atoms with Crippen LogP contribution in [0.4, 0.5) is 0 Å². The quantitative estimate of drug-likeness (QED) is 0.253. The molecule has 0 aliphatic carbocycles. The Hall–Kier alpha value is -4.32. The summed E-state index contributed by atoms with van der Waals surface area (Å²) in [5.74, 6) is -2.57. The van der Waals surface area contributed by atoms with Crippen LogP contribution in [0.1, 0.15) is 64.4 Å². The second-order valence-corrected chi connectivity index (χ2v) is 14.4. The maximum atomic E-state index is 14.7. The molecule has 6 aliphatic rings. The largest absolute Gasteiger partial charge is 0.464 e. The highest BCUT2D eigenvalue weighted by molar-refractivity contribution is 6.42. The highest BCUT2D eigenvalue weighted by Crippen LogP contribution is 2.43.